The van der Waals surface area contributed by atoms with Gasteiger partial charge >= 0.3 is 0 Å². The van der Waals surface area contributed by atoms with E-state index in [9.17, 15) is 4.79 Å². The number of anilines is 3. The third-order valence-electron chi connectivity index (χ3n) is 7.27. The number of ketones is 1. The van der Waals surface area contributed by atoms with Crippen molar-refractivity contribution in [2.24, 2.45) is 0 Å². The minimum atomic E-state index is -0.125. The summed E-state index contributed by atoms with van der Waals surface area (Å²) in [6.07, 6.45) is 3.52. The summed E-state index contributed by atoms with van der Waals surface area (Å²) in [5.74, 6) is -0.0625. The molecule has 1 radical (unpaired) electrons. The first kappa shape index (κ1) is 27.7. The smallest absolute Gasteiger partial charge is 0.155 e. The molecule has 0 fully saturated rings. The summed E-state index contributed by atoms with van der Waals surface area (Å²) in [6.45, 7) is 8.38. The van der Waals surface area contributed by atoms with Crippen LogP contribution in [0, 0.1) is 12.7 Å². The van der Waals surface area contributed by atoms with Crippen molar-refractivity contribution in [2.75, 3.05) is 16.3 Å². The number of carbonyl (C=O) groups excluding carboxylic acids is 1. The van der Waals surface area contributed by atoms with Crippen molar-refractivity contribution in [3.8, 4) is 0 Å². The maximum Gasteiger partial charge on any atom is 0.155 e. The Kier molecular flexibility index (Phi) is 7.84. The van der Waals surface area contributed by atoms with E-state index in [4.69, 9.17) is 5.11 Å². The topological polar surface area (TPSA) is 48.2 Å². The van der Waals surface area contributed by atoms with Crippen LogP contribution in [0.4, 0.5) is 17.1 Å². The molecule has 0 amide bonds. The van der Waals surface area contributed by atoms with Crippen molar-refractivity contribution in [1.29, 1.82) is 0 Å². The van der Waals surface area contributed by atoms with Crippen LogP contribution in [0.15, 0.2) is 90.7 Å². The number of fused-ring (bicyclic) bond motifs is 7. The fourth-order valence-electron chi connectivity index (χ4n) is 5.73. The summed E-state index contributed by atoms with van der Waals surface area (Å²) in [4.78, 5) is 14.7. The number of aliphatic hydroxyl groups is 1. The van der Waals surface area contributed by atoms with Gasteiger partial charge in [0.05, 0.1) is 5.76 Å². The zero-order chi connectivity index (χ0) is 27.1. The van der Waals surface area contributed by atoms with E-state index in [0.717, 1.165) is 12.2 Å². The minimum Gasteiger partial charge on any atom is -0.512 e. The normalized spacial score (nSPS) is 13.1. The second kappa shape index (κ2) is 11.3. The Balaban J connectivity index is 0.000000362. The first-order chi connectivity index (χ1) is 19.0. The van der Waals surface area contributed by atoms with E-state index in [0.29, 0.717) is 0 Å². The van der Waals surface area contributed by atoms with E-state index in [1.165, 1.54) is 82.2 Å². The molecular formula is C34H31IrN3O2-2. The average Bonchev–Trinajstić information content (AvgIpc) is 3.58. The molecule has 0 saturated heterocycles. The van der Waals surface area contributed by atoms with Gasteiger partial charge in [-0.25, -0.2) is 0 Å². The first-order valence-electron chi connectivity index (χ1n) is 13.4. The molecule has 0 unspecified atom stereocenters. The van der Waals surface area contributed by atoms with Gasteiger partial charge in [-0.3, -0.25) is 4.79 Å². The van der Waals surface area contributed by atoms with Gasteiger partial charge in [-0.15, -0.1) is 5.39 Å². The summed E-state index contributed by atoms with van der Waals surface area (Å²) < 4.78 is 2.45. The number of hydrogen-bond donors (Lipinski definition) is 1. The van der Waals surface area contributed by atoms with Crippen molar-refractivity contribution in [3.63, 3.8) is 0 Å². The van der Waals surface area contributed by atoms with Crippen molar-refractivity contribution in [3.05, 3.63) is 103 Å². The SMILES string of the molecule is CC(=O)/C=C(/C)O.CCCCN1[CH-]N(c2[c-]ccc3c4cccc5c6ccccc6n(c23)c54)c2ccccc21.[Ir]. The third-order valence-corrected chi connectivity index (χ3v) is 7.27. The van der Waals surface area contributed by atoms with Crippen LogP contribution in [-0.2, 0) is 24.9 Å². The summed E-state index contributed by atoms with van der Waals surface area (Å²) in [5.41, 5.74) is 7.38. The molecule has 1 aliphatic heterocycles. The molecule has 0 saturated carbocycles. The van der Waals surface area contributed by atoms with Crippen molar-refractivity contribution >= 4 is 60.9 Å². The maximum absolute atomic E-state index is 10.0. The van der Waals surface area contributed by atoms with Crippen LogP contribution in [-0.4, -0.2) is 21.8 Å². The van der Waals surface area contributed by atoms with Gasteiger partial charge in [0.25, 0.3) is 0 Å². The van der Waals surface area contributed by atoms with E-state index in [1.807, 2.05) is 0 Å². The number of para-hydroxylation sites is 4. The van der Waals surface area contributed by atoms with Crippen LogP contribution in [0.3, 0.4) is 0 Å². The second-order valence-corrected chi connectivity index (χ2v) is 10.1. The zero-order valence-corrected chi connectivity index (χ0v) is 25.2. The van der Waals surface area contributed by atoms with Gasteiger partial charge in [0, 0.05) is 59.4 Å². The van der Waals surface area contributed by atoms with Gasteiger partial charge in [0.2, 0.25) is 0 Å². The Labute approximate surface area is 248 Å². The maximum atomic E-state index is 10.0. The van der Waals surface area contributed by atoms with Crippen molar-refractivity contribution in [1.82, 2.24) is 4.40 Å². The number of aromatic nitrogens is 1. The largest absolute Gasteiger partial charge is 0.512 e. The van der Waals surface area contributed by atoms with Crippen molar-refractivity contribution in [2.45, 2.75) is 33.6 Å². The molecule has 2 aromatic heterocycles. The van der Waals surface area contributed by atoms with E-state index in [2.05, 4.69) is 113 Å². The van der Waals surface area contributed by atoms with E-state index in [1.54, 1.807) is 0 Å². The van der Waals surface area contributed by atoms with E-state index < -0.39 is 0 Å². The summed E-state index contributed by atoms with van der Waals surface area (Å²) >= 11 is 0. The second-order valence-electron chi connectivity index (χ2n) is 10.1. The Morgan fingerprint density at radius 2 is 1.52 bits per heavy atom. The summed E-state index contributed by atoms with van der Waals surface area (Å²) in [6, 6.07) is 32.0. The molecule has 4 aromatic carbocycles. The van der Waals surface area contributed by atoms with Crippen LogP contribution in [0.2, 0.25) is 0 Å². The molecular weight excluding hydrogens is 675 g/mol. The Hall–Kier alpha value is -3.86. The Bertz CT molecular complexity index is 1850. The zero-order valence-electron chi connectivity index (χ0n) is 22.8. The number of benzene rings is 4. The number of aliphatic hydroxyl groups excluding tert-OH is 1. The quantitative estimate of drug-likeness (QED) is 0.111. The molecule has 1 N–H and O–H groups in total. The van der Waals surface area contributed by atoms with Gasteiger partial charge in [-0.05, 0) is 55.9 Å². The molecule has 6 heteroatoms. The molecule has 6 aromatic rings. The van der Waals surface area contributed by atoms with E-state index in [-0.39, 0.29) is 31.6 Å². The molecule has 7 rings (SSSR count). The number of allylic oxidation sites excluding steroid dienone is 2. The van der Waals surface area contributed by atoms with Gasteiger partial charge in [-0.2, -0.15) is 24.9 Å². The monoisotopic (exact) mass is 706 g/mol. The van der Waals surface area contributed by atoms with Gasteiger partial charge in [-0.1, -0.05) is 67.6 Å². The number of unbranched alkanes of at least 4 members (excludes halogenated alkanes) is 1. The fourth-order valence-corrected chi connectivity index (χ4v) is 5.73. The molecule has 3 heterocycles. The van der Waals surface area contributed by atoms with Crippen LogP contribution in [0.1, 0.15) is 33.6 Å². The summed E-state index contributed by atoms with van der Waals surface area (Å²) in [5, 5.41) is 13.6. The number of rotatable bonds is 5. The van der Waals surface area contributed by atoms with Crippen LogP contribution < -0.4 is 9.80 Å². The summed E-state index contributed by atoms with van der Waals surface area (Å²) in [7, 11) is 0. The average molecular weight is 706 g/mol. The molecule has 0 aliphatic carbocycles. The number of carbonyl (C=O) groups is 1. The molecule has 5 nitrogen and oxygen atoms in total. The predicted molar refractivity (Wildman–Crippen MR) is 162 cm³/mol. The first-order valence-corrected chi connectivity index (χ1v) is 13.4. The van der Waals surface area contributed by atoms with Gasteiger partial charge in [0.15, 0.2) is 5.78 Å². The molecule has 205 valence electrons. The number of hydrogen-bond acceptors (Lipinski definition) is 4. The van der Waals surface area contributed by atoms with Crippen LogP contribution in [0.25, 0.3) is 38.1 Å². The molecule has 0 atom stereocenters. The Morgan fingerprint density at radius 1 is 0.875 bits per heavy atom. The molecule has 1 aliphatic rings. The fraction of sp³-hybridized carbons (Fsp3) is 0.176. The third kappa shape index (κ3) is 4.61. The van der Waals surface area contributed by atoms with E-state index >= 15 is 0 Å². The standard InChI is InChI=1S/C29H23N3.C5H8O2.Ir/c1-2-3-18-30-19-31(26-16-7-6-15-25(26)30)27-17-9-13-23-22-12-8-11-21-20-10-4-5-14-24(20)32(28(21)22)29(23)27;1-4(6)3-5(2)7;/h4-16,19H,2-3,18H2,1H3;3,6H,1-2H3;/q-2;;/b;4-3-;. The van der Waals surface area contributed by atoms with Crippen LogP contribution in [0.5, 0.6) is 0 Å². The van der Waals surface area contributed by atoms with Gasteiger partial charge in [0.1, 0.15) is 0 Å². The molecule has 0 bridgehead atoms. The predicted octanol–water partition coefficient (Wildman–Crippen LogP) is 8.55. The van der Waals surface area contributed by atoms with Gasteiger partial charge < -0.3 is 19.3 Å². The molecule has 0 spiro atoms. The molecule has 40 heavy (non-hydrogen) atoms. The van der Waals surface area contributed by atoms with Crippen molar-refractivity contribution < 1.29 is 30.0 Å². The Morgan fingerprint density at radius 3 is 2.23 bits per heavy atom. The van der Waals surface area contributed by atoms with Crippen LogP contribution >= 0.6 is 0 Å². The minimum absolute atomic E-state index is 0. The number of nitrogens with zero attached hydrogens (tertiary/aromatic N) is 3.